The number of carbonyl (C=O) groups excluding carboxylic acids is 1. The Balaban J connectivity index is 1.63. The van der Waals surface area contributed by atoms with Crippen LogP contribution >= 0.6 is 0 Å². The van der Waals surface area contributed by atoms with Crippen molar-refractivity contribution in [2.45, 2.75) is 26.8 Å². The van der Waals surface area contributed by atoms with E-state index < -0.39 is 0 Å². The van der Waals surface area contributed by atoms with E-state index in [0.717, 1.165) is 13.1 Å². The van der Waals surface area contributed by atoms with E-state index in [2.05, 4.69) is 51.4 Å². The van der Waals surface area contributed by atoms with E-state index in [-0.39, 0.29) is 11.9 Å². The number of carbonyl (C=O) groups is 1. The summed E-state index contributed by atoms with van der Waals surface area (Å²) < 4.78 is 0. The molecule has 1 aliphatic heterocycles. The van der Waals surface area contributed by atoms with Crippen molar-refractivity contribution in [1.29, 1.82) is 0 Å². The number of nitrogens with one attached hydrogen (secondary N) is 1. The fourth-order valence-corrected chi connectivity index (χ4v) is 3.00. The first kappa shape index (κ1) is 17.2. The van der Waals surface area contributed by atoms with Gasteiger partial charge in [0.15, 0.2) is 0 Å². The molecule has 1 aliphatic rings. The fraction of sp³-hybridized carbons (Fsp3) is 0.421. The Bertz CT molecular complexity index is 738. The van der Waals surface area contributed by atoms with Crippen LogP contribution in [0, 0.1) is 6.92 Å². The molecule has 1 saturated heterocycles. The second-order valence-electron chi connectivity index (χ2n) is 6.71. The van der Waals surface area contributed by atoms with Crippen LogP contribution in [-0.2, 0) is 0 Å². The summed E-state index contributed by atoms with van der Waals surface area (Å²) in [5.41, 5.74) is 2.92. The zero-order chi connectivity index (χ0) is 17.8. The van der Waals surface area contributed by atoms with Crippen LogP contribution in [-0.4, -0.2) is 53.0 Å². The summed E-state index contributed by atoms with van der Waals surface area (Å²) >= 11 is 0. The van der Waals surface area contributed by atoms with Crippen LogP contribution in [0.4, 0.5) is 11.5 Å². The van der Waals surface area contributed by atoms with Crippen molar-refractivity contribution in [3.63, 3.8) is 0 Å². The molecule has 0 saturated carbocycles. The molecule has 0 bridgehead atoms. The average molecular weight is 339 g/mol. The van der Waals surface area contributed by atoms with Gasteiger partial charge in [-0.15, -0.1) is 0 Å². The lowest BCUT2D eigenvalue weighted by Gasteiger charge is -2.36. The molecular formula is C19H25N5O. The van der Waals surface area contributed by atoms with E-state index in [0.29, 0.717) is 24.6 Å². The number of benzene rings is 1. The number of nitrogens with zero attached hydrogens (tertiary/aromatic N) is 4. The summed E-state index contributed by atoms with van der Waals surface area (Å²) in [6, 6.07) is 10.5. The number of piperazine rings is 1. The SMILES string of the molecule is Cc1cccc(N2CCN(C(=O)c3cc(NC(C)C)ncn3)CC2)c1. The smallest absolute Gasteiger partial charge is 0.272 e. The molecule has 2 heterocycles. The molecule has 0 unspecified atom stereocenters. The average Bonchev–Trinajstić information content (AvgIpc) is 2.61. The monoisotopic (exact) mass is 339 g/mol. The molecule has 6 heteroatoms. The van der Waals surface area contributed by atoms with Crippen molar-refractivity contribution in [2.24, 2.45) is 0 Å². The molecule has 0 spiro atoms. The van der Waals surface area contributed by atoms with E-state index in [1.807, 2.05) is 18.7 Å². The first-order chi connectivity index (χ1) is 12.0. The van der Waals surface area contributed by atoms with Crippen LogP contribution in [0.25, 0.3) is 0 Å². The van der Waals surface area contributed by atoms with Gasteiger partial charge in [0, 0.05) is 44.0 Å². The van der Waals surface area contributed by atoms with Crippen molar-refractivity contribution in [1.82, 2.24) is 14.9 Å². The van der Waals surface area contributed by atoms with Gasteiger partial charge in [0.2, 0.25) is 0 Å². The third kappa shape index (κ3) is 4.26. The Morgan fingerprint density at radius 2 is 1.88 bits per heavy atom. The lowest BCUT2D eigenvalue weighted by molar-refractivity contribution is 0.0740. The van der Waals surface area contributed by atoms with Crippen molar-refractivity contribution < 1.29 is 4.79 Å². The topological polar surface area (TPSA) is 61.4 Å². The second kappa shape index (κ2) is 7.51. The van der Waals surface area contributed by atoms with Crippen LogP contribution in [0.5, 0.6) is 0 Å². The largest absolute Gasteiger partial charge is 0.368 e. The number of hydrogen-bond donors (Lipinski definition) is 1. The Kier molecular flexibility index (Phi) is 5.16. The maximum absolute atomic E-state index is 12.7. The first-order valence-electron chi connectivity index (χ1n) is 8.72. The molecule has 0 atom stereocenters. The molecule has 3 rings (SSSR count). The molecule has 0 radical (unpaired) electrons. The van der Waals surface area contributed by atoms with Gasteiger partial charge >= 0.3 is 0 Å². The predicted molar refractivity (Wildman–Crippen MR) is 100 cm³/mol. The normalized spacial score (nSPS) is 14.7. The van der Waals surface area contributed by atoms with E-state index in [1.165, 1.54) is 17.6 Å². The lowest BCUT2D eigenvalue weighted by atomic mass is 10.2. The molecule has 1 aromatic heterocycles. The predicted octanol–water partition coefficient (Wildman–Crippen LogP) is 2.57. The van der Waals surface area contributed by atoms with Gasteiger partial charge < -0.3 is 15.1 Å². The van der Waals surface area contributed by atoms with Gasteiger partial charge in [-0.1, -0.05) is 12.1 Å². The molecule has 1 fully saturated rings. The molecule has 1 amide bonds. The molecule has 1 N–H and O–H groups in total. The van der Waals surface area contributed by atoms with Crippen LogP contribution in [0.1, 0.15) is 29.9 Å². The summed E-state index contributed by atoms with van der Waals surface area (Å²) in [6.45, 7) is 9.23. The van der Waals surface area contributed by atoms with E-state index in [1.54, 1.807) is 6.07 Å². The number of aryl methyl sites for hydroxylation is 1. The Morgan fingerprint density at radius 3 is 2.56 bits per heavy atom. The van der Waals surface area contributed by atoms with Crippen molar-refractivity contribution in [2.75, 3.05) is 36.4 Å². The molecule has 6 nitrogen and oxygen atoms in total. The third-order valence-electron chi connectivity index (χ3n) is 4.26. The summed E-state index contributed by atoms with van der Waals surface area (Å²) in [5.74, 6) is 0.657. The number of amides is 1. The Morgan fingerprint density at radius 1 is 1.12 bits per heavy atom. The fourth-order valence-electron chi connectivity index (χ4n) is 3.00. The van der Waals surface area contributed by atoms with Gasteiger partial charge in [-0.25, -0.2) is 9.97 Å². The van der Waals surface area contributed by atoms with Crippen molar-refractivity contribution >= 4 is 17.4 Å². The van der Waals surface area contributed by atoms with Gasteiger partial charge in [-0.2, -0.15) is 0 Å². The van der Waals surface area contributed by atoms with Gasteiger partial charge in [-0.05, 0) is 38.5 Å². The van der Waals surface area contributed by atoms with Crippen LogP contribution in [0.2, 0.25) is 0 Å². The standard InChI is InChI=1S/C19H25N5O/c1-14(2)22-18-12-17(20-13-21-18)19(25)24-9-7-23(8-10-24)16-6-4-5-15(3)11-16/h4-6,11-14H,7-10H2,1-3H3,(H,20,21,22). The van der Waals surface area contributed by atoms with Gasteiger partial charge in [-0.3, -0.25) is 4.79 Å². The number of aromatic nitrogens is 2. The van der Waals surface area contributed by atoms with E-state index in [9.17, 15) is 4.79 Å². The lowest BCUT2D eigenvalue weighted by Crippen LogP contribution is -2.49. The Labute approximate surface area is 148 Å². The van der Waals surface area contributed by atoms with Crippen molar-refractivity contribution in [3.05, 3.63) is 47.9 Å². The highest BCUT2D eigenvalue weighted by Crippen LogP contribution is 2.18. The minimum atomic E-state index is -0.0295. The number of hydrogen-bond acceptors (Lipinski definition) is 5. The number of rotatable bonds is 4. The van der Waals surface area contributed by atoms with Gasteiger partial charge in [0.25, 0.3) is 5.91 Å². The molecule has 25 heavy (non-hydrogen) atoms. The maximum atomic E-state index is 12.7. The summed E-state index contributed by atoms with van der Waals surface area (Å²) in [6.07, 6.45) is 1.45. The van der Waals surface area contributed by atoms with Crippen LogP contribution in [0.15, 0.2) is 36.7 Å². The zero-order valence-corrected chi connectivity index (χ0v) is 15.1. The van der Waals surface area contributed by atoms with Crippen LogP contribution < -0.4 is 10.2 Å². The van der Waals surface area contributed by atoms with E-state index in [4.69, 9.17) is 0 Å². The number of anilines is 2. The highest BCUT2D eigenvalue weighted by molar-refractivity contribution is 5.93. The highest BCUT2D eigenvalue weighted by Gasteiger charge is 2.23. The zero-order valence-electron chi connectivity index (χ0n) is 15.1. The molecule has 1 aromatic carbocycles. The summed E-state index contributed by atoms with van der Waals surface area (Å²) in [7, 11) is 0. The molecular weight excluding hydrogens is 314 g/mol. The first-order valence-corrected chi connectivity index (χ1v) is 8.72. The molecule has 132 valence electrons. The van der Waals surface area contributed by atoms with Gasteiger partial charge in [0.05, 0.1) is 0 Å². The van der Waals surface area contributed by atoms with E-state index >= 15 is 0 Å². The van der Waals surface area contributed by atoms with Crippen molar-refractivity contribution in [3.8, 4) is 0 Å². The molecule has 2 aromatic rings. The summed E-state index contributed by atoms with van der Waals surface area (Å²) in [4.78, 5) is 25.2. The maximum Gasteiger partial charge on any atom is 0.272 e. The Hall–Kier alpha value is -2.63. The molecule has 0 aliphatic carbocycles. The van der Waals surface area contributed by atoms with Crippen LogP contribution in [0.3, 0.4) is 0 Å². The quantitative estimate of drug-likeness (QED) is 0.928. The minimum Gasteiger partial charge on any atom is -0.368 e. The summed E-state index contributed by atoms with van der Waals surface area (Å²) in [5, 5.41) is 3.21. The van der Waals surface area contributed by atoms with Gasteiger partial charge in [0.1, 0.15) is 17.8 Å². The minimum absolute atomic E-state index is 0.0295. The highest BCUT2D eigenvalue weighted by atomic mass is 16.2. The second-order valence-corrected chi connectivity index (χ2v) is 6.71. The third-order valence-corrected chi connectivity index (χ3v) is 4.26.